The van der Waals surface area contributed by atoms with E-state index in [-0.39, 0.29) is 5.56 Å². The van der Waals surface area contributed by atoms with Crippen molar-refractivity contribution < 1.29 is 0 Å². The first-order chi connectivity index (χ1) is 16.1. The lowest BCUT2D eigenvalue weighted by atomic mass is 10.1. The first-order valence-electron chi connectivity index (χ1n) is 12.0. The number of nitrogens with zero attached hydrogens (tertiary/aromatic N) is 6. The molecule has 2 aliphatic heterocycles. The number of nitrogens with two attached hydrogens (primary N) is 1. The number of anilines is 1. The van der Waals surface area contributed by atoms with Gasteiger partial charge in [-0.3, -0.25) is 9.69 Å². The van der Waals surface area contributed by atoms with Crippen molar-refractivity contribution in [3.8, 4) is 0 Å². The standard InChI is InChI=1S/C25H33N7O/c1-29-13-11-20-22(18-29)28-24(32(26)25(20)33)8-4-5-12-30-14-16-31(17-15-30)23-10-9-19-6-2-3-7-21(19)27-23/h2-3,6-7,9-10H,4-5,8,11-18,26H2,1H3. The number of aryl methyl sites for hydroxylation is 1. The molecular weight excluding hydrogens is 414 g/mol. The maximum Gasteiger partial charge on any atom is 0.275 e. The van der Waals surface area contributed by atoms with E-state index in [4.69, 9.17) is 15.8 Å². The predicted molar refractivity (Wildman–Crippen MR) is 132 cm³/mol. The number of fused-ring (bicyclic) bond motifs is 2. The first-order valence-corrected chi connectivity index (χ1v) is 12.0. The number of para-hydroxylation sites is 1. The van der Waals surface area contributed by atoms with Gasteiger partial charge in [0.2, 0.25) is 0 Å². The van der Waals surface area contributed by atoms with Gasteiger partial charge in [0.25, 0.3) is 5.56 Å². The second kappa shape index (κ2) is 9.49. The molecule has 0 unspecified atom stereocenters. The molecule has 1 aromatic carbocycles. The van der Waals surface area contributed by atoms with Gasteiger partial charge in [0.15, 0.2) is 0 Å². The van der Waals surface area contributed by atoms with Crippen molar-refractivity contribution in [3.63, 3.8) is 0 Å². The fraction of sp³-hybridized carbons (Fsp3) is 0.480. The van der Waals surface area contributed by atoms with Crippen molar-refractivity contribution in [2.75, 3.05) is 57.1 Å². The third-order valence-electron chi connectivity index (χ3n) is 6.94. The lowest BCUT2D eigenvalue weighted by Crippen LogP contribution is -2.47. The summed E-state index contributed by atoms with van der Waals surface area (Å²) in [5, 5.41) is 1.18. The Morgan fingerprint density at radius 3 is 2.64 bits per heavy atom. The van der Waals surface area contributed by atoms with Crippen LogP contribution in [0.15, 0.2) is 41.2 Å². The summed E-state index contributed by atoms with van der Waals surface area (Å²) < 4.78 is 1.28. The highest BCUT2D eigenvalue weighted by molar-refractivity contribution is 5.80. The van der Waals surface area contributed by atoms with Gasteiger partial charge in [-0.1, -0.05) is 18.2 Å². The Kier molecular flexibility index (Phi) is 6.28. The normalized spacial score (nSPS) is 17.4. The van der Waals surface area contributed by atoms with E-state index in [0.717, 1.165) is 94.1 Å². The highest BCUT2D eigenvalue weighted by atomic mass is 16.1. The molecule has 8 heteroatoms. The van der Waals surface area contributed by atoms with E-state index in [2.05, 4.69) is 52.1 Å². The van der Waals surface area contributed by atoms with E-state index >= 15 is 0 Å². The van der Waals surface area contributed by atoms with E-state index in [0.29, 0.717) is 5.82 Å². The molecule has 2 aromatic heterocycles. The summed E-state index contributed by atoms with van der Waals surface area (Å²) in [6.07, 6.45) is 3.52. The van der Waals surface area contributed by atoms with Crippen molar-refractivity contribution in [1.82, 2.24) is 24.4 Å². The number of rotatable bonds is 6. The Morgan fingerprint density at radius 1 is 0.970 bits per heavy atom. The largest absolute Gasteiger partial charge is 0.354 e. The van der Waals surface area contributed by atoms with Crippen molar-refractivity contribution in [2.24, 2.45) is 0 Å². The maximum atomic E-state index is 12.6. The molecule has 2 N–H and O–H groups in total. The zero-order valence-corrected chi connectivity index (χ0v) is 19.4. The Labute approximate surface area is 194 Å². The zero-order valence-electron chi connectivity index (χ0n) is 19.4. The van der Waals surface area contributed by atoms with Gasteiger partial charge < -0.3 is 15.6 Å². The van der Waals surface area contributed by atoms with Crippen LogP contribution in [0, 0.1) is 0 Å². The number of benzene rings is 1. The minimum absolute atomic E-state index is 0.0680. The van der Waals surface area contributed by atoms with Crippen molar-refractivity contribution >= 4 is 16.7 Å². The molecule has 0 aliphatic carbocycles. The molecule has 174 valence electrons. The summed E-state index contributed by atoms with van der Waals surface area (Å²) in [5.41, 5.74) is 2.68. The average molecular weight is 448 g/mol. The Balaban J connectivity index is 1.11. The number of unbranched alkanes of at least 4 members (excludes halogenated alkanes) is 1. The first kappa shape index (κ1) is 21.9. The third kappa shape index (κ3) is 4.72. The van der Waals surface area contributed by atoms with Gasteiger partial charge in [0.05, 0.1) is 11.2 Å². The van der Waals surface area contributed by atoms with Crippen LogP contribution in [-0.2, 0) is 19.4 Å². The van der Waals surface area contributed by atoms with Crippen LogP contribution in [0.4, 0.5) is 5.82 Å². The monoisotopic (exact) mass is 447 g/mol. The van der Waals surface area contributed by atoms with Crippen LogP contribution in [0.1, 0.15) is 29.9 Å². The number of piperazine rings is 1. The van der Waals surface area contributed by atoms with Crippen LogP contribution in [-0.4, -0.2) is 70.8 Å². The summed E-state index contributed by atoms with van der Waals surface area (Å²) in [5.74, 6) is 7.86. The molecule has 0 saturated carbocycles. The number of nitrogen functional groups attached to an aromatic ring is 1. The van der Waals surface area contributed by atoms with Gasteiger partial charge in [-0.15, -0.1) is 0 Å². The number of pyridine rings is 1. The Morgan fingerprint density at radius 2 is 1.79 bits per heavy atom. The average Bonchev–Trinajstić information content (AvgIpc) is 2.84. The Hall–Kier alpha value is -2.97. The molecule has 3 aromatic rings. The molecule has 0 spiro atoms. The van der Waals surface area contributed by atoms with Crippen molar-refractivity contribution in [2.45, 2.75) is 32.2 Å². The number of aromatic nitrogens is 3. The SMILES string of the molecule is CN1CCc2c(nc(CCCCN3CCN(c4ccc5ccccc5n4)CC3)n(N)c2=O)C1. The summed E-state index contributed by atoms with van der Waals surface area (Å²) in [7, 11) is 2.06. The second-order valence-corrected chi connectivity index (χ2v) is 9.26. The van der Waals surface area contributed by atoms with E-state index in [9.17, 15) is 4.79 Å². The van der Waals surface area contributed by atoms with E-state index < -0.39 is 0 Å². The van der Waals surface area contributed by atoms with Gasteiger partial charge in [-0.25, -0.2) is 14.6 Å². The highest BCUT2D eigenvalue weighted by Gasteiger charge is 2.21. The molecule has 33 heavy (non-hydrogen) atoms. The van der Waals surface area contributed by atoms with E-state index in [1.807, 2.05) is 6.07 Å². The number of likely N-dealkylation sites (N-methyl/N-ethyl adjacent to an activating group) is 1. The third-order valence-corrected chi connectivity index (χ3v) is 6.94. The fourth-order valence-corrected chi connectivity index (χ4v) is 4.91. The van der Waals surface area contributed by atoms with Crippen LogP contribution in [0.3, 0.4) is 0 Å². The topological polar surface area (TPSA) is 83.5 Å². The predicted octanol–water partition coefficient (Wildman–Crippen LogP) is 1.64. The molecule has 0 amide bonds. The Bertz CT molecular complexity index is 1180. The van der Waals surface area contributed by atoms with Crippen LogP contribution in [0.2, 0.25) is 0 Å². The van der Waals surface area contributed by atoms with Crippen LogP contribution in [0.5, 0.6) is 0 Å². The summed E-state index contributed by atoms with van der Waals surface area (Å²) in [4.78, 5) is 29.3. The molecule has 2 aliphatic rings. The molecule has 0 bridgehead atoms. The van der Waals surface area contributed by atoms with Crippen LogP contribution in [0.25, 0.3) is 10.9 Å². The zero-order chi connectivity index (χ0) is 22.8. The minimum Gasteiger partial charge on any atom is -0.354 e. The molecule has 0 radical (unpaired) electrons. The minimum atomic E-state index is -0.0680. The van der Waals surface area contributed by atoms with Gasteiger partial charge in [0, 0.05) is 56.6 Å². The quantitative estimate of drug-likeness (QED) is 0.454. The second-order valence-electron chi connectivity index (χ2n) is 9.26. The molecule has 4 heterocycles. The lowest BCUT2D eigenvalue weighted by molar-refractivity contribution is 0.252. The summed E-state index contributed by atoms with van der Waals surface area (Å²) >= 11 is 0. The highest BCUT2D eigenvalue weighted by Crippen LogP contribution is 2.19. The van der Waals surface area contributed by atoms with Gasteiger partial charge >= 0.3 is 0 Å². The summed E-state index contributed by atoms with van der Waals surface area (Å²) in [6, 6.07) is 12.6. The van der Waals surface area contributed by atoms with Crippen LogP contribution >= 0.6 is 0 Å². The van der Waals surface area contributed by atoms with E-state index in [1.165, 1.54) is 10.1 Å². The number of hydrogen-bond donors (Lipinski definition) is 1. The molecule has 8 nitrogen and oxygen atoms in total. The number of hydrogen-bond acceptors (Lipinski definition) is 7. The molecule has 1 saturated heterocycles. The lowest BCUT2D eigenvalue weighted by Gasteiger charge is -2.35. The van der Waals surface area contributed by atoms with Gasteiger partial charge in [-0.2, -0.15) is 0 Å². The van der Waals surface area contributed by atoms with Gasteiger partial charge in [-0.05, 0) is 51.1 Å². The fourth-order valence-electron chi connectivity index (χ4n) is 4.91. The summed E-state index contributed by atoms with van der Waals surface area (Å²) in [6.45, 7) is 6.74. The molecule has 5 rings (SSSR count). The molecule has 1 fully saturated rings. The smallest absolute Gasteiger partial charge is 0.275 e. The van der Waals surface area contributed by atoms with Crippen molar-refractivity contribution in [1.29, 1.82) is 0 Å². The molecular formula is C25H33N7O. The van der Waals surface area contributed by atoms with Crippen LogP contribution < -0.4 is 16.3 Å². The van der Waals surface area contributed by atoms with E-state index in [1.54, 1.807) is 0 Å². The molecule has 0 atom stereocenters. The maximum absolute atomic E-state index is 12.6. The van der Waals surface area contributed by atoms with Crippen molar-refractivity contribution in [3.05, 3.63) is 63.8 Å². The van der Waals surface area contributed by atoms with Gasteiger partial charge in [0.1, 0.15) is 11.6 Å².